The number of pyridine rings is 2. The van der Waals surface area contributed by atoms with Crippen molar-refractivity contribution in [1.29, 1.82) is 0 Å². The van der Waals surface area contributed by atoms with Crippen LogP contribution in [-0.4, -0.2) is 39.9 Å². The molecule has 1 atom stereocenters. The molecule has 1 fully saturated rings. The second-order valence-corrected chi connectivity index (χ2v) is 6.47. The van der Waals surface area contributed by atoms with Gasteiger partial charge in [-0.3, -0.25) is 9.78 Å². The van der Waals surface area contributed by atoms with E-state index in [0.29, 0.717) is 12.1 Å². The molecule has 3 heterocycles. The number of rotatable bonds is 2. The third-order valence-corrected chi connectivity index (χ3v) is 4.65. The Balaban J connectivity index is 0.00000131. The molecule has 0 spiro atoms. The number of hydrogen-bond acceptors (Lipinski definition) is 4. The van der Waals surface area contributed by atoms with Crippen molar-refractivity contribution >= 4 is 41.6 Å². The highest BCUT2D eigenvalue weighted by molar-refractivity contribution is 6.07. The van der Waals surface area contributed by atoms with Crippen LogP contribution in [-0.2, 0) is 0 Å². The van der Waals surface area contributed by atoms with Crippen LogP contribution in [0.25, 0.3) is 22.2 Å². The van der Waals surface area contributed by atoms with E-state index in [-0.39, 0.29) is 36.8 Å². The van der Waals surface area contributed by atoms with Crippen LogP contribution in [0.1, 0.15) is 23.2 Å². The zero-order valence-electron chi connectivity index (χ0n) is 14.7. The second kappa shape index (κ2) is 9.13. The van der Waals surface area contributed by atoms with E-state index in [9.17, 15) is 4.79 Å². The molecule has 7 heteroatoms. The predicted octanol–water partition coefficient (Wildman–Crippen LogP) is 3.70. The van der Waals surface area contributed by atoms with E-state index in [1.807, 2.05) is 47.4 Å². The number of carbonyl (C=O) groups is 1. The molecule has 1 aliphatic heterocycles. The molecule has 1 aliphatic rings. The van der Waals surface area contributed by atoms with E-state index in [2.05, 4.69) is 4.98 Å². The Hall–Kier alpha value is -2.21. The van der Waals surface area contributed by atoms with Crippen molar-refractivity contribution in [3.05, 3.63) is 60.4 Å². The van der Waals surface area contributed by atoms with E-state index < -0.39 is 0 Å². The van der Waals surface area contributed by atoms with Gasteiger partial charge in [-0.2, -0.15) is 0 Å². The van der Waals surface area contributed by atoms with Crippen molar-refractivity contribution in [2.75, 3.05) is 13.1 Å². The number of likely N-dealkylation sites (tertiary alicyclic amines) is 1. The van der Waals surface area contributed by atoms with Gasteiger partial charge in [0.25, 0.3) is 5.91 Å². The zero-order chi connectivity index (χ0) is 17.2. The lowest BCUT2D eigenvalue weighted by Crippen LogP contribution is -2.45. The van der Waals surface area contributed by atoms with Gasteiger partial charge in [-0.05, 0) is 37.1 Å². The number of nitrogens with two attached hydrogens (primary N) is 1. The fraction of sp³-hybridized carbons (Fsp3) is 0.250. The summed E-state index contributed by atoms with van der Waals surface area (Å²) in [6.07, 6.45) is 5.42. The van der Waals surface area contributed by atoms with Gasteiger partial charge in [-0.1, -0.05) is 18.2 Å². The Kier molecular flexibility index (Phi) is 7.13. The minimum atomic E-state index is 0. The standard InChI is InChI=1S/C20H20N4O.2ClH/c21-15-6-4-10-24(13-15)20(25)17-11-19(14-5-3-9-22-12-14)23-18-8-2-1-7-16(17)18;;/h1-3,5,7-9,11-12,15H,4,6,10,13,21H2;2*1H. The largest absolute Gasteiger partial charge is 0.337 e. The highest BCUT2D eigenvalue weighted by Gasteiger charge is 2.24. The number of hydrogen-bond donors (Lipinski definition) is 1. The summed E-state index contributed by atoms with van der Waals surface area (Å²) >= 11 is 0. The molecule has 2 aromatic heterocycles. The van der Waals surface area contributed by atoms with Gasteiger partial charge in [-0.25, -0.2) is 4.98 Å². The molecular formula is C20H22Cl2N4O. The number of para-hydroxylation sites is 1. The van der Waals surface area contributed by atoms with Crippen LogP contribution in [0.3, 0.4) is 0 Å². The lowest BCUT2D eigenvalue weighted by Gasteiger charge is -2.31. The molecule has 0 radical (unpaired) electrons. The number of halogens is 2. The van der Waals surface area contributed by atoms with Crippen molar-refractivity contribution in [2.24, 2.45) is 5.73 Å². The first-order valence-electron chi connectivity index (χ1n) is 8.57. The quantitative estimate of drug-likeness (QED) is 0.706. The number of carbonyl (C=O) groups excluding carboxylic acids is 1. The summed E-state index contributed by atoms with van der Waals surface area (Å²) in [5, 5.41) is 0.874. The third kappa shape index (κ3) is 4.38. The first kappa shape index (κ1) is 21.1. The van der Waals surface area contributed by atoms with Gasteiger partial charge in [0.15, 0.2) is 0 Å². The molecule has 0 bridgehead atoms. The molecule has 1 amide bonds. The maximum atomic E-state index is 13.2. The van der Waals surface area contributed by atoms with Crippen LogP contribution in [0, 0.1) is 0 Å². The van der Waals surface area contributed by atoms with Gasteiger partial charge < -0.3 is 10.6 Å². The van der Waals surface area contributed by atoms with Crippen LogP contribution >= 0.6 is 24.8 Å². The maximum absolute atomic E-state index is 13.2. The topological polar surface area (TPSA) is 72.1 Å². The molecule has 142 valence electrons. The molecule has 2 N–H and O–H groups in total. The molecular weight excluding hydrogens is 383 g/mol. The molecule has 1 saturated heterocycles. The van der Waals surface area contributed by atoms with Gasteiger partial charge in [0.1, 0.15) is 0 Å². The number of fused-ring (bicyclic) bond motifs is 1. The molecule has 5 nitrogen and oxygen atoms in total. The molecule has 4 rings (SSSR count). The summed E-state index contributed by atoms with van der Waals surface area (Å²) < 4.78 is 0. The van der Waals surface area contributed by atoms with Gasteiger partial charge >= 0.3 is 0 Å². The summed E-state index contributed by atoms with van der Waals surface area (Å²) in [7, 11) is 0. The minimum absolute atomic E-state index is 0. The SMILES string of the molecule is Cl.Cl.NC1CCCN(C(=O)c2cc(-c3cccnc3)nc3ccccc23)C1. The van der Waals surface area contributed by atoms with E-state index in [1.54, 1.807) is 12.4 Å². The van der Waals surface area contributed by atoms with Gasteiger partial charge in [0.05, 0.1) is 16.8 Å². The Morgan fingerprint density at radius 3 is 2.70 bits per heavy atom. The third-order valence-electron chi connectivity index (χ3n) is 4.65. The smallest absolute Gasteiger partial charge is 0.254 e. The molecule has 1 unspecified atom stereocenters. The lowest BCUT2D eigenvalue weighted by atomic mass is 10.0. The molecule has 27 heavy (non-hydrogen) atoms. The summed E-state index contributed by atoms with van der Waals surface area (Å²) in [6.45, 7) is 1.36. The first-order chi connectivity index (χ1) is 12.2. The van der Waals surface area contributed by atoms with Crippen LogP contribution in [0.15, 0.2) is 54.9 Å². The Labute approximate surface area is 170 Å². The average Bonchev–Trinajstić information content (AvgIpc) is 2.67. The summed E-state index contributed by atoms with van der Waals surface area (Å²) in [6, 6.07) is 13.5. The van der Waals surface area contributed by atoms with E-state index in [0.717, 1.165) is 41.5 Å². The Bertz CT molecular complexity index is 920. The fourth-order valence-electron chi connectivity index (χ4n) is 3.38. The maximum Gasteiger partial charge on any atom is 0.254 e. The molecule has 3 aromatic rings. The van der Waals surface area contributed by atoms with Crippen LogP contribution < -0.4 is 5.73 Å². The lowest BCUT2D eigenvalue weighted by molar-refractivity contribution is 0.0711. The Morgan fingerprint density at radius 2 is 1.96 bits per heavy atom. The summed E-state index contributed by atoms with van der Waals surface area (Å²) in [5.41, 5.74) is 9.21. The normalized spacial score (nSPS) is 16.3. The van der Waals surface area contributed by atoms with Crippen molar-refractivity contribution in [3.63, 3.8) is 0 Å². The summed E-state index contributed by atoms with van der Waals surface area (Å²) in [4.78, 5) is 23.9. The molecule has 1 aromatic carbocycles. The molecule has 0 aliphatic carbocycles. The van der Waals surface area contributed by atoms with Gasteiger partial charge in [-0.15, -0.1) is 24.8 Å². The van der Waals surface area contributed by atoms with E-state index in [1.165, 1.54) is 0 Å². The average molecular weight is 405 g/mol. The first-order valence-corrected chi connectivity index (χ1v) is 8.57. The highest BCUT2D eigenvalue weighted by Crippen LogP contribution is 2.26. The summed E-state index contributed by atoms with van der Waals surface area (Å²) in [5.74, 6) is 0.0268. The van der Waals surface area contributed by atoms with Crippen LogP contribution in [0.2, 0.25) is 0 Å². The highest BCUT2D eigenvalue weighted by atomic mass is 35.5. The second-order valence-electron chi connectivity index (χ2n) is 6.47. The number of aromatic nitrogens is 2. The number of amides is 1. The van der Waals surface area contributed by atoms with Gasteiger partial charge in [0.2, 0.25) is 0 Å². The van der Waals surface area contributed by atoms with Crippen LogP contribution in [0.5, 0.6) is 0 Å². The van der Waals surface area contributed by atoms with Crippen molar-refractivity contribution in [2.45, 2.75) is 18.9 Å². The van der Waals surface area contributed by atoms with Crippen LogP contribution in [0.4, 0.5) is 0 Å². The van der Waals surface area contributed by atoms with Crippen molar-refractivity contribution in [3.8, 4) is 11.3 Å². The van der Waals surface area contributed by atoms with Crippen molar-refractivity contribution in [1.82, 2.24) is 14.9 Å². The number of benzene rings is 1. The van der Waals surface area contributed by atoms with Crippen molar-refractivity contribution < 1.29 is 4.79 Å². The zero-order valence-corrected chi connectivity index (χ0v) is 16.4. The predicted molar refractivity (Wildman–Crippen MR) is 113 cm³/mol. The minimum Gasteiger partial charge on any atom is -0.337 e. The fourth-order valence-corrected chi connectivity index (χ4v) is 3.38. The van der Waals surface area contributed by atoms with E-state index in [4.69, 9.17) is 10.7 Å². The molecule has 0 saturated carbocycles. The number of piperidine rings is 1. The van der Waals surface area contributed by atoms with E-state index >= 15 is 0 Å². The van der Waals surface area contributed by atoms with Gasteiger partial charge in [0, 0.05) is 42.5 Å². The Morgan fingerprint density at radius 1 is 1.15 bits per heavy atom. The number of nitrogens with zero attached hydrogens (tertiary/aromatic N) is 3. The monoisotopic (exact) mass is 404 g/mol.